The minimum absolute atomic E-state index is 0.156. The molecular formula is C19H28N3O2. The van der Waals surface area contributed by atoms with E-state index in [2.05, 4.69) is 55.3 Å². The fourth-order valence-electron chi connectivity index (χ4n) is 3.23. The monoisotopic (exact) mass is 330 g/mol. The molecule has 0 aromatic heterocycles. The van der Waals surface area contributed by atoms with Crippen LogP contribution in [0.2, 0.25) is 0 Å². The lowest BCUT2D eigenvalue weighted by Crippen LogP contribution is -2.50. The molecule has 5 heteroatoms. The molecule has 0 aliphatic carbocycles. The fraction of sp³-hybridized carbons (Fsp3) is 0.632. The van der Waals surface area contributed by atoms with Crippen LogP contribution in [0.4, 0.5) is 10.5 Å². The minimum Gasteiger partial charge on any atom is -0.427 e. The topological polar surface area (TPSA) is 46.9 Å². The molecular weight excluding hydrogens is 302 g/mol. The predicted octanol–water partition coefficient (Wildman–Crippen LogP) is 2.97. The summed E-state index contributed by atoms with van der Waals surface area (Å²) in [5.41, 5.74) is 2.65. The largest absolute Gasteiger partial charge is 0.427 e. The molecule has 24 heavy (non-hydrogen) atoms. The third-order valence-corrected chi connectivity index (χ3v) is 4.78. The van der Waals surface area contributed by atoms with Crippen molar-refractivity contribution in [1.29, 1.82) is 0 Å². The highest BCUT2D eigenvalue weighted by Crippen LogP contribution is 2.25. The number of rotatable bonds is 2. The summed E-state index contributed by atoms with van der Waals surface area (Å²) in [5, 5.41) is 4.46. The van der Waals surface area contributed by atoms with Crippen molar-refractivity contribution >= 4 is 11.8 Å². The van der Waals surface area contributed by atoms with Crippen molar-refractivity contribution in [3.8, 4) is 0 Å². The van der Waals surface area contributed by atoms with E-state index in [1.807, 2.05) is 0 Å². The molecule has 0 N–H and O–H groups in total. The molecule has 3 rings (SSSR count). The minimum atomic E-state index is -0.367. The number of hydrogen-bond acceptors (Lipinski definition) is 3. The Morgan fingerprint density at radius 1 is 1.12 bits per heavy atom. The van der Waals surface area contributed by atoms with Gasteiger partial charge in [0, 0.05) is 31.9 Å². The molecule has 2 saturated heterocycles. The van der Waals surface area contributed by atoms with Gasteiger partial charge in [-0.2, -0.15) is 5.32 Å². The number of nitrogens with zero attached hydrogens (tertiary/aromatic N) is 3. The number of anilines is 1. The molecule has 131 valence electrons. The van der Waals surface area contributed by atoms with Crippen LogP contribution in [-0.2, 0) is 10.2 Å². The van der Waals surface area contributed by atoms with Gasteiger partial charge in [0.05, 0.1) is 6.54 Å². The number of hydrogen-bond donors (Lipinski definition) is 0. The maximum Gasteiger partial charge on any atom is 0.411 e. The Hall–Kier alpha value is -1.75. The van der Waals surface area contributed by atoms with E-state index in [9.17, 15) is 4.79 Å². The fourth-order valence-corrected chi connectivity index (χ4v) is 3.23. The molecule has 1 amide bonds. The van der Waals surface area contributed by atoms with E-state index in [0.29, 0.717) is 13.1 Å². The molecule has 2 heterocycles. The number of benzene rings is 1. The molecule has 5 nitrogen and oxygen atoms in total. The number of carbonyl (C=O) groups excluding carboxylic acids is 1. The zero-order valence-electron chi connectivity index (χ0n) is 15.0. The van der Waals surface area contributed by atoms with Crippen molar-refractivity contribution in [2.24, 2.45) is 0 Å². The normalized spacial score (nSPS) is 21.9. The Morgan fingerprint density at radius 3 is 2.42 bits per heavy atom. The summed E-state index contributed by atoms with van der Waals surface area (Å²) in [5.74, 6) is 0. The van der Waals surface area contributed by atoms with Crippen LogP contribution in [0.5, 0.6) is 0 Å². The van der Waals surface area contributed by atoms with Crippen molar-refractivity contribution in [3.05, 3.63) is 29.8 Å². The standard InChI is InChI=1S/C19H28N3O2/c1-19(2,3)15-6-8-16(9-7-15)22-13-10-20-17(14-22)24-18(23)21-11-4-5-12-21/h6-9,17H,4-5,10-14H2,1-3H3/t17-/m0/s1. The van der Waals surface area contributed by atoms with Crippen LogP contribution in [0.25, 0.3) is 0 Å². The van der Waals surface area contributed by atoms with Crippen LogP contribution in [0.15, 0.2) is 24.3 Å². The van der Waals surface area contributed by atoms with Gasteiger partial charge in [-0.15, -0.1) is 0 Å². The van der Waals surface area contributed by atoms with Gasteiger partial charge in [0.25, 0.3) is 0 Å². The van der Waals surface area contributed by atoms with Crippen LogP contribution in [0.1, 0.15) is 39.2 Å². The second-order valence-corrected chi connectivity index (χ2v) is 7.68. The Kier molecular flexibility index (Phi) is 4.99. The highest BCUT2D eigenvalue weighted by Gasteiger charge is 2.27. The van der Waals surface area contributed by atoms with Gasteiger partial charge in [0.2, 0.25) is 0 Å². The molecule has 0 unspecified atom stereocenters. The van der Waals surface area contributed by atoms with Crippen molar-refractivity contribution in [1.82, 2.24) is 10.2 Å². The highest BCUT2D eigenvalue weighted by atomic mass is 16.6. The lowest BCUT2D eigenvalue weighted by molar-refractivity contribution is 0.0484. The van der Waals surface area contributed by atoms with Crippen molar-refractivity contribution in [2.45, 2.75) is 45.3 Å². The summed E-state index contributed by atoms with van der Waals surface area (Å²) in [7, 11) is 0. The van der Waals surface area contributed by atoms with Gasteiger partial charge >= 0.3 is 6.09 Å². The van der Waals surface area contributed by atoms with E-state index in [1.165, 1.54) is 11.3 Å². The quantitative estimate of drug-likeness (QED) is 0.837. The number of piperazine rings is 1. The van der Waals surface area contributed by atoms with Crippen LogP contribution in [0, 0.1) is 0 Å². The Morgan fingerprint density at radius 2 is 1.79 bits per heavy atom. The summed E-state index contributed by atoms with van der Waals surface area (Å²) in [6.07, 6.45) is 1.56. The lowest BCUT2D eigenvalue weighted by Gasteiger charge is -2.34. The van der Waals surface area contributed by atoms with E-state index in [4.69, 9.17) is 4.74 Å². The summed E-state index contributed by atoms with van der Waals surface area (Å²) < 4.78 is 5.58. The number of ether oxygens (including phenoxy) is 1. The van der Waals surface area contributed by atoms with E-state index in [-0.39, 0.29) is 17.7 Å². The van der Waals surface area contributed by atoms with Gasteiger partial charge in [-0.25, -0.2) is 4.79 Å². The summed E-state index contributed by atoms with van der Waals surface area (Å²) in [6.45, 7) is 10.5. The van der Waals surface area contributed by atoms with Crippen LogP contribution in [-0.4, -0.2) is 49.9 Å². The molecule has 2 fully saturated rings. The van der Waals surface area contributed by atoms with Gasteiger partial charge in [-0.3, -0.25) is 0 Å². The van der Waals surface area contributed by atoms with Crippen molar-refractivity contribution < 1.29 is 9.53 Å². The smallest absolute Gasteiger partial charge is 0.411 e. The first-order chi connectivity index (χ1) is 11.4. The molecule has 0 bridgehead atoms. The van der Waals surface area contributed by atoms with E-state index in [0.717, 1.165) is 32.5 Å². The van der Waals surface area contributed by atoms with E-state index >= 15 is 0 Å². The average Bonchev–Trinajstić information content (AvgIpc) is 3.09. The summed E-state index contributed by atoms with van der Waals surface area (Å²) in [6, 6.07) is 8.69. The Labute approximate surface area is 145 Å². The van der Waals surface area contributed by atoms with Gasteiger partial charge in [-0.05, 0) is 36.0 Å². The van der Waals surface area contributed by atoms with E-state index < -0.39 is 0 Å². The van der Waals surface area contributed by atoms with Gasteiger partial charge in [0.1, 0.15) is 0 Å². The maximum atomic E-state index is 12.1. The van der Waals surface area contributed by atoms with E-state index in [1.54, 1.807) is 4.90 Å². The lowest BCUT2D eigenvalue weighted by atomic mass is 9.87. The molecule has 1 radical (unpaired) electrons. The molecule has 2 aliphatic rings. The predicted molar refractivity (Wildman–Crippen MR) is 95.4 cm³/mol. The first kappa shape index (κ1) is 17.1. The van der Waals surface area contributed by atoms with Gasteiger partial charge in [-0.1, -0.05) is 32.9 Å². The zero-order chi connectivity index (χ0) is 17.2. The Balaban J connectivity index is 1.59. The van der Waals surface area contributed by atoms with Crippen LogP contribution in [0.3, 0.4) is 0 Å². The van der Waals surface area contributed by atoms with Gasteiger partial charge in [0.15, 0.2) is 6.23 Å². The molecule has 2 aliphatic heterocycles. The molecule has 1 aromatic rings. The molecule has 1 atom stereocenters. The second-order valence-electron chi connectivity index (χ2n) is 7.68. The van der Waals surface area contributed by atoms with Crippen molar-refractivity contribution in [3.63, 3.8) is 0 Å². The molecule has 0 saturated carbocycles. The third kappa shape index (κ3) is 4.01. The molecule has 0 spiro atoms. The van der Waals surface area contributed by atoms with Crippen LogP contribution >= 0.6 is 0 Å². The molecule has 1 aromatic carbocycles. The second kappa shape index (κ2) is 7.01. The highest BCUT2D eigenvalue weighted by molar-refractivity contribution is 5.68. The Bertz CT molecular complexity index is 559. The SMILES string of the molecule is CC(C)(C)c1ccc(N2CC[N][C@@H](OC(=O)N3CCCC3)C2)cc1. The third-order valence-electron chi connectivity index (χ3n) is 4.78. The first-order valence-electron chi connectivity index (χ1n) is 8.91. The van der Waals surface area contributed by atoms with Crippen LogP contribution < -0.4 is 10.2 Å². The number of amides is 1. The van der Waals surface area contributed by atoms with Gasteiger partial charge < -0.3 is 14.5 Å². The first-order valence-corrected chi connectivity index (χ1v) is 8.91. The summed E-state index contributed by atoms with van der Waals surface area (Å²) >= 11 is 0. The summed E-state index contributed by atoms with van der Waals surface area (Å²) in [4.78, 5) is 16.2. The van der Waals surface area contributed by atoms with Crippen molar-refractivity contribution in [2.75, 3.05) is 37.6 Å². The maximum absolute atomic E-state index is 12.1. The number of likely N-dealkylation sites (tertiary alicyclic amines) is 1. The zero-order valence-corrected chi connectivity index (χ0v) is 15.0. The number of carbonyl (C=O) groups is 1. The average molecular weight is 330 g/mol.